The van der Waals surface area contributed by atoms with E-state index in [4.69, 9.17) is 4.74 Å². The van der Waals surface area contributed by atoms with Gasteiger partial charge in [-0.15, -0.1) is 11.3 Å². The average molecular weight is 397 g/mol. The molecule has 4 nitrogen and oxygen atoms in total. The van der Waals surface area contributed by atoms with Crippen molar-refractivity contribution in [3.05, 3.63) is 45.1 Å². The van der Waals surface area contributed by atoms with Crippen LogP contribution in [0.3, 0.4) is 0 Å². The lowest BCUT2D eigenvalue weighted by Gasteiger charge is -2.19. The number of amides is 1. The molecular formula is C17H21BrN2O2S. The molecule has 1 aromatic carbocycles. The molecule has 0 saturated carbocycles. The Balaban J connectivity index is 1.98. The average Bonchev–Trinajstić information content (AvgIpc) is 3.00. The molecule has 0 atom stereocenters. The topological polar surface area (TPSA) is 41.6 Å². The minimum atomic E-state index is -0.133. The van der Waals surface area contributed by atoms with Crippen molar-refractivity contribution in [2.45, 2.75) is 13.8 Å². The van der Waals surface area contributed by atoms with Crippen LogP contribution < -0.4 is 10.1 Å². The molecule has 2 aromatic rings. The molecule has 0 aliphatic rings. The van der Waals surface area contributed by atoms with Gasteiger partial charge in [-0.1, -0.05) is 26.0 Å². The van der Waals surface area contributed by atoms with Crippen molar-refractivity contribution >= 4 is 38.9 Å². The highest BCUT2D eigenvalue weighted by Gasteiger charge is 2.11. The van der Waals surface area contributed by atoms with Gasteiger partial charge in [-0.2, -0.15) is 0 Å². The Kier molecular flexibility index (Phi) is 7.08. The summed E-state index contributed by atoms with van der Waals surface area (Å²) in [6.07, 6.45) is 0. The van der Waals surface area contributed by atoms with Crippen LogP contribution in [-0.4, -0.2) is 37.0 Å². The fourth-order valence-corrected chi connectivity index (χ4v) is 3.28. The van der Waals surface area contributed by atoms with Crippen LogP contribution in [-0.2, 0) is 0 Å². The van der Waals surface area contributed by atoms with Crippen LogP contribution in [0.1, 0.15) is 24.2 Å². The second-order valence-corrected chi connectivity index (χ2v) is 7.26. The number of halogens is 1. The van der Waals surface area contributed by atoms with Gasteiger partial charge >= 0.3 is 0 Å². The van der Waals surface area contributed by atoms with Crippen molar-refractivity contribution in [1.82, 2.24) is 4.90 Å². The fraction of sp³-hybridized carbons (Fsp3) is 0.353. The Hall–Kier alpha value is -1.37. The first kappa shape index (κ1) is 18.0. The monoisotopic (exact) mass is 396 g/mol. The molecule has 6 heteroatoms. The quantitative estimate of drug-likeness (QED) is 0.714. The van der Waals surface area contributed by atoms with E-state index in [0.717, 1.165) is 23.4 Å². The number of carbonyl (C=O) groups excluding carboxylic acids is 1. The van der Waals surface area contributed by atoms with Gasteiger partial charge in [0, 0.05) is 11.9 Å². The summed E-state index contributed by atoms with van der Waals surface area (Å²) in [5, 5.41) is 4.74. The summed E-state index contributed by atoms with van der Waals surface area (Å²) in [6, 6.07) is 9.33. The van der Waals surface area contributed by atoms with E-state index in [1.54, 1.807) is 0 Å². The Morgan fingerprint density at radius 1 is 1.30 bits per heavy atom. The molecule has 0 aliphatic carbocycles. The van der Waals surface area contributed by atoms with Gasteiger partial charge in [-0.25, -0.2) is 0 Å². The van der Waals surface area contributed by atoms with Crippen molar-refractivity contribution in [2.75, 3.05) is 31.6 Å². The SMILES string of the molecule is CCN(CC)CCOc1ccccc1NC(=O)c1csc(Br)c1. The molecule has 124 valence electrons. The number of anilines is 1. The van der Waals surface area contributed by atoms with Gasteiger partial charge in [0.1, 0.15) is 12.4 Å². The van der Waals surface area contributed by atoms with Crippen LogP contribution in [0, 0.1) is 0 Å². The summed E-state index contributed by atoms with van der Waals surface area (Å²) < 4.78 is 6.79. The lowest BCUT2D eigenvalue weighted by atomic mass is 10.2. The zero-order valence-electron chi connectivity index (χ0n) is 13.3. The second kappa shape index (κ2) is 9.05. The summed E-state index contributed by atoms with van der Waals surface area (Å²) in [6.45, 7) is 7.75. The number of nitrogens with zero attached hydrogens (tertiary/aromatic N) is 1. The minimum absolute atomic E-state index is 0.133. The summed E-state index contributed by atoms with van der Waals surface area (Å²) in [4.78, 5) is 14.6. The molecule has 23 heavy (non-hydrogen) atoms. The number of hydrogen-bond acceptors (Lipinski definition) is 4. The zero-order chi connectivity index (χ0) is 16.7. The molecule has 0 fully saturated rings. The third kappa shape index (κ3) is 5.34. The molecule has 0 radical (unpaired) electrons. The second-order valence-electron chi connectivity index (χ2n) is 4.97. The summed E-state index contributed by atoms with van der Waals surface area (Å²) in [7, 11) is 0. The molecule has 1 heterocycles. The van der Waals surface area contributed by atoms with Crippen molar-refractivity contribution in [2.24, 2.45) is 0 Å². The number of ether oxygens (including phenoxy) is 1. The van der Waals surface area contributed by atoms with Crippen LogP contribution in [0.5, 0.6) is 5.75 Å². The van der Waals surface area contributed by atoms with Crippen LogP contribution in [0.2, 0.25) is 0 Å². The third-order valence-electron chi connectivity index (χ3n) is 3.52. The van der Waals surface area contributed by atoms with E-state index in [-0.39, 0.29) is 5.91 Å². The maximum atomic E-state index is 12.3. The number of nitrogens with one attached hydrogen (secondary N) is 1. The number of likely N-dealkylation sites (N-methyl/N-ethyl adjacent to an activating group) is 1. The van der Waals surface area contributed by atoms with Gasteiger partial charge in [0.25, 0.3) is 5.91 Å². The number of hydrogen-bond donors (Lipinski definition) is 1. The standard InChI is InChI=1S/C17H21BrN2O2S/c1-3-20(4-2)9-10-22-15-8-6-5-7-14(15)19-17(21)13-11-16(18)23-12-13/h5-8,11-12H,3-4,9-10H2,1-2H3,(H,19,21). The van der Waals surface area contributed by atoms with Crippen LogP contribution in [0.4, 0.5) is 5.69 Å². The Labute approximate surface area is 149 Å². The molecule has 0 spiro atoms. The maximum absolute atomic E-state index is 12.3. The van der Waals surface area contributed by atoms with E-state index in [1.807, 2.05) is 35.7 Å². The molecule has 1 amide bonds. The highest BCUT2D eigenvalue weighted by atomic mass is 79.9. The maximum Gasteiger partial charge on any atom is 0.256 e. The Morgan fingerprint density at radius 3 is 2.70 bits per heavy atom. The first-order valence-corrected chi connectivity index (χ1v) is 9.30. The Morgan fingerprint density at radius 2 is 2.04 bits per heavy atom. The molecule has 2 rings (SSSR count). The van der Waals surface area contributed by atoms with Gasteiger partial charge in [0.15, 0.2) is 0 Å². The largest absolute Gasteiger partial charge is 0.490 e. The van der Waals surface area contributed by atoms with Crippen molar-refractivity contribution < 1.29 is 9.53 Å². The summed E-state index contributed by atoms with van der Waals surface area (Å²) >= 11 is 4.86. The molecule has 0 bridgehead atoms. The minimum Gasteiger partial charge on any atom is -0.490 e. The number of para-hydroxylation sites is 2. The third-order valence-corrected chi connectivity index (χ3v) is 5.03. The number of benzene rings is 1. The summed E-state index contributed by atoms with van der Waals surface area (Å²) in [5.41, 5.74) is 1.33. The van der Waals surface area contributed by atoms with E-state index in [2.05, 4.69) is 40.0 Å². The predicted molar refractivity (Wildman–Crippen MR) is 99.7 cm³/mol. The van der Waals surface area contributed by atoms with Crippen LogP contribution in [0.25, 0.3) is 0 Å². The number of rotatable bonds is 8. The molecule has 1 N–H and O–H groups in total. The van der Waals surface area contributed by atoms with E-state index < -0.39 is 0 Å². The zero-order valence-corrected chi connectivity index (χ0v) is 15.7. The van der Waals surface area contributed by atoms with Crippen LogP contribution >= 0.6 is 27.3 Å². The van der Waals surface area contributed by atoms with Gasteiger partial charge in [0.2, 0.25) is 0 Å². The number of carbonyl (C=O) groups is 1. The van der Waals surface area contributed by atoms with E-state index >= 15 is 0 Å². The van der Waals surface area contributed by atoms with E-state index in [9.17, 15) is 4.79 Å². The number of thiophene rings is 1. The molecule has 0 unspecified atom stereocenters. The van der Waals surface area contributed by atoms with Gasteiger partial charge in [0.05, 0.1) is 15.0 Å². The fourth-order valence-electron chi connectivity index (χ4n) is 2.14. The summed E-state index contributed by atoms with van der Waals surface area (Å²) in [5.74, 6) is 0.564. The normalized spacial score (nSPS) is 10.8. The predicted octanol–water partition coefficient (Wildman–Crippen LogP) is 4.48. The van der Waals surface area contributed by atoms with Gasteiger partial charge < -0.3 is 15.0 Å². The first-order chi connectivity index (χ1) is 11.1. The molecule has 1 aromatic heterocycles. The molecule has 0 aliphatic heterocycles. The molecular weight excluding hydrogens is 376 g/mol. The highest BCUT2D eigenvalue weighted by molar-refractivity contribution is 9.11. The first-order valence-electron chi connectivity index (χ1n) is 7.63. The van der Waals surface area contributed by atoms with E-state index in [0.29, 0.717) is 23.6 Å². The van der Waals surface area contributed by atoms with Gasteiger partial charge in [-0.05, 0) is 47.2 Å². The smallest absolute Gasteiger partial charge is 0.256 e. The van der Waals surface area contributed by atoms with Crippen molar-refractivity contribution in [3.8, 4) is 5.75 Å². The lowest BCUT2D eigenvalue weighted by molar-refractivity contribution is 0.102. The Bertz CT molecular complexity index is 641. The molecule has 0 saturated heterocycles. The van der Waals surface area contributed by atoms with Gasteiger partial charge in [-0.3, -0.25) is 4.79 Å². The van der Waals surface area contributed by atoms with E-state index in [1.165, 1.54) is 11.3 Å². The van der Waals surface area contributed by atoms with Crippen molar-refractivity contribution in [3.63, 3.8) is 0 Å². The highest BCUT2D eigenvalue weighted by Crippen LogP contribution is 2.26. The van der Waals surface area contributed by atoms with Crippen LogP contribution in [0.15, 0.2) is 39.5 Å². The lowest BCUT2D eigenvalue weighted by Crippen LogP contribution is -2.28. The van der Waals surface area contributed by atoms with Crippen molar-refractivity contribution in [1.29, 1.82) is 0 Å².